The van der Waals surface area contributed by atoms with Crippen LogP contribution < -0.4 is 0 Å². The minimum Gasteiger partial charge on any atom is -0.403 e. The minimum absolute atomic E-state index is 0.869. The lowest BCUT2D eigenvalue weighted by molar-refractivity contribution is 0.234. The molecule has 1 atom stereocenters. The van der Waals surface area contributed by atoms with E-state index < -0.39 is 8.48 Å². The molecule has 0 aromatic rings. The van der Waals surface area contributed by atoms with E-state index in [1.165, 1.54) is 63.2 Å². The van der Waals surface area contributed by atoms with E-state index in [1.54, 1.807) is 0 Å². The molecule has 0 bridgehead atoms. The standard InChI is InChI=1S/C15H30N2OSi/c1-3-18-19(2)14-8-7-12-17(19)13-11-16-15-9-5-4-6-10-15/h3-14H2,1-2H3. The third kappa shape index (κ3) is 4.40. The van der Waals surface area contributed by atoms with Gasteiger partial charge in [-0.05, 0) is 58.2 Å². The van der Waals surface area contributed by atoms with Gasteiger partial charge in [0.1, 0.15) is 0 Å². The Labute approximate surface area is 119 Å². The largest absolute Gasteiger partial charge is 0.403 e. The van der Waals surface area contributed by atoms with Gasteiger partial charge in [0.15, 0.2) is 0 Å². The van der Waals surface area contributed by atoms with Crippen molar-refractivity contribution in [2.24, 2.45) is 4.99 Å². The van der Waals surface area contributed by atoms with Gasteiger partial charge in [0.25, 0.3) is 8.48 Å². The maximum atomic E-state index is 6.14. The smallest absolute Gasteiger partial charge is 0.268 e. The number of hydrogen-bond acceptors (Lipinski definition) is 3. The summed E-state index contributed by atoms with van der Waals surface area (Å²) in [5.41, 5.74) is 1.48. The van der Waals surface area contributed by atoms with Gasteiger partial charge in [-0.3, -0.25) is 4.99 Å². The fourth-order valence-electron chi connectivity index (χ4n) is 3.42. The summed E-state index contributed by atoms with van der Waals surface area (Å²) in [7, 11) is -1.59. The third-order valence-electron chi connectivity index (χ3n) is 4.58. The molecule has 1 aliphatic heterocycles. The molecule has 2 aliphatic rings. The van der Waals surface area contributed by atoms with Crippen LogP contribution in [0.4, 0.5) is 0 Å². The molecule has 2 rings (SSSR count). The highest BCUT2D eigenvalue weighted by molar-refractivity contribution is 6.69. The van der Waals surface area contributed by atoms with E-state index in [4.69, 9.17) is 9.42 Å². The first-order valence-corrected chi connectivity index (χ1v) is 10.7. The first kappa shape index (κ1) is 15.2. The summed E-state index contributed by atoms with van der Waals surface area (Å²) in [6.45, 7) is 8.73. The van der Waals surface area contributed by atoms with E-state index in [1.807, 2.05) is 0 Å². The predicted octanol–water partition coefficient (Wildman–Crippen LogP) is 3.60. The lowest BCUT2D eigenvalue weighted by Crippen LogP contribution is -2.57. The summed E-state index contributed by atoms with van der Waals surface area (Å²) in [6.07, 6.45) is 9.31. The van der Waals surface area contributed by atoms with Gasteiger partial charge >= 0.3 is 0 Å². The summed E-state index contributed by atoms with van der Waals surface area (Å²) in [5, 5.41) is 0. The lowest BCUT2D eigenvalue weighted by Gasteiger charge is -2.41. The van der Waals surface area contributed by atoms with E-state index >= 15 is 0 Å². The Morgan fingerprint density at radius 1 is 1.16 bits per heavy atom. The van der Waals surface area contributed by atoms with Crippen LogP contribution in [-0.4, -0.2) is 45.0 Å². The molecular weight excluding hydrogens is 252 g/mol. The van der Waals surface area contributed by atoms with Gasteiger partial charge in [-0.15, -0.1) is 0 Å². The fourth-order valence-corrected chi connectivity index (χ4v) is 6.79. The van der Waals surface area contributed by atoms with E-state index in [0.717, 1.165) is 19.7 Å². The highest BCUT2D eigenvalue weighted by atomic mass is 28.4. The second-order valence-corrected chi connectivity index (χ2v) is 9.83. The predicted molar refractivity (Wildman–Crippen MR) is 84.2 cm³/mol. The molecule has 0 amide bonds. The topological polar surface area (TPSA) is 24.8 Å². The van der Waals surface area contributed by atoms with Crippen LogP contribution in [0.15, 0.2) is 4.99 Å². The molecule has 1 heterocycles. The maximum Gasteiger partial charge on any atom is 0.268 e. The van der Waals surface area contributed by atoms with Crippen molar-refractivity contribution in [2.45, 2.75) is 64.5 Å². The Morgan fingerprint density at radius 2 is 1.95 bits per heavy atom. The maximum absolute atomic E-state index is 6.14. The van der Waals surface area contributed by atoms with E-state index in [0.29, 0.717) is 0 Å². The van der Waals surface area contributed by atoms with Crippen molar-refractivity contribution in [1.29, 1.82) is 0 Å². The molecule has 0 radical (unpaired) electrons. The van der Waals surface area contributed by atoms with Crippen LogP contribution in [0, 0.1) is 0 Å². The van der Waals surface area contributed by atoms with E-state index in [2.05, 4.69) is 18.0 Å². The van der Waals surface area contributed by atoms with Crippen LogP contribution in [0.1, 0.15) is 51.9 Å². The molecule has 1 saturated carbocycles. The first-order chi connectivity index (χ1) is 9.24. The van der Waals surface area contributed by atoms with Gasteiger partial charge in [0.2, 0.25) is 0 Å². The van der Waals surface area contributed by atoms with Gasteiger partial charge < -0.3 is 8.99 Å². The average molecular weight is 283 g/mol. The van der Waals surface area contributed by atoms with Crippen molar-refractivity contribution in [3.63, 3.8) is 0 Å². The monoisotopic (exact) mass is 282 g/mol. The van der Waals surface area contributed by atoms with Crippen molar-refractivity contribution in [1.82, 2.24) is 4.57 Å². The van der Waals surface area contributed by atoms with Gasteiger partial charge in [-0.25, -0.2) is 0 Å². The van der Waals surface area contributed by atoms with Crippen LogP contribution in [-0.2, 0) is 4.43 Å². The first-order valence-electron chi connectivity index (χ1n) is 8.16. The molecule has 110 valence electrons. The zero-order valence-electron chi connectivity index (χ0n) is 12.8. The molecular formula is C15H30N2OSi. The molecule has 2 fully saturated rings. The van der Waals surface area contributed by atoms with Crippen molar-refractivity contribution in [2.75, 3.05) is 26.2 Å². The second-order valence-electron chi connectivity index (χ2n) is 6.06. The molecule has 0 aromatic heterocycles. The van der Waals surface area contributed by atoms with Gasteiger partial charge in [0.05, 0.1) is 6.54 Å². The Balaban J connectivity index is 1.82. The van der Waals surface area contributed by atoms with Crippen molar-refractivity contribution < 1.29 is 4.43 Å². The second kappa shape index (κ2) is 7.55. The summed E-state index contributed by atoms with van der Waals surface area (Å²) < 4.78 is 8.79. The van der Waals surface area contributed by atoms with Gasteiger partial charge in [-0.2, -0.15) is 0 Å². The quantitative estimate of drug-likeness (QED) is 0.720. The summed E-state index contributed by atoms with van der Waals surface area (Å²) in [6, 6.07) is 1.30. The number of nitrogens with zero attached hydrogens (tertiary/aromatic N) is 2. The molecule has 0 aromatic carbocycles. The fraction of sp³-hybridized carbons (Fsp3) is 0.933. The zero-order chi connectivity index (χ0) is 13.6. The third-order valence-corrected chi connectivity index (χ3v) is 8.56. The van der Waals surface area contributed by atoms with Crippen LogP contribution >= 0.6 is 0 Å². The average Bonchev–Trinajstić information content (AvgIpc) is 2.42. The van der Waals surface area contributed by atoms with Gasteiger partial charge in [0, 0.05) is 18.9 Å². The molecule has 1 unspecified atom stereocenters. The number of rotatable bonds is 5. The summed E-state index contributed by atoms with van der Waals surface area (Å²) in [4.78, 5) is 4.84. The Bertz CT molecular complexity index is 297. The number of aliphatic imine (C=N–C) groups is 1. The molecule has 4 heteroatoms. The highest BCUT2D eigenvalue weighted by Crippen LogP contribution is 2.25. The summed E-state index contributed by atoms with van der Waals surface area (Å²) >= 11 is 0. The molecule has 0 N–H and O–H groups in total. The molecule has 19 heavy (non-hydrogen) atoms. The highest BCUT2D eigenvalue weighted by Gasteiger charge is 2.38. The van der Waals surface area contributed by atoms with E-state index in [9.17, 15) is 0 Å². The minimum atomic E-state index is -1.59. The molecule has 3 nitrogen and oxygen atoms in total. The van der Waals surface area contributed by atoms with Crippen molar-refractivity contribution in [3.8, 4) is 0 Å². The summed E-state index contributed by atoms with van der Waals surface area (Å²) in [5.74, 6) is 0. The Hall–Kier alpha value is -0.193. The Kier molecular flexibility index (Phi) is 6.04. The number of hydrogen-bond donors (Lipinski definition) is 0. The Morgan fingerprint density at radius 3 is 2.68 bits per heavy atom. The van der Waals surface area contributed by atoms with E-state index in [-0.39, 0.29) is 0 Å². The molecule has 0 spiro atoms. The zero-order valence-corrected chi connectivity index (χ0v) is 13.8. The molecule has 1 aliphatic carbocycles. The van der Waals surface area contributed by atoms with Crippen molar-refractivity contribution >= 4 is 14.2 Å². The van der Waals surface area contributed by atoms with Gasteiger partial charge in [-0.1, -0.05) is 12.8 Å². The van der Waals surface area contributed by atoms with Crippen LogP contribution in [0.3, 0.4) is 0 Å². The normalized spacial score (nSPS) is 29.5. The van der Waals surface area contributed by atoms with Crippen LogP contribution in [0.25, 0.3) is 0 Å². The lowest BCUT2D eigenvalue weighted by atomic mass is 9.99. The van der Waals surface area contributed by atoms with Crippen LogP contribution in [0.5, 0.6) is 0 Å². The van der Waals surface area contributed by atoms with Crippen LogP contribution in [0.2, 0.25) is 12.6 Å². The van der Waals surface area contributed by atoms with Crippen molar-refractivity contribution in [3.05, 3.63) is 0 Å². The SMILES string of the molecule is CCO[Si]1(C)CCCCN1CCN=C1CCCCC1. The molecule has 1 saturated heterocycles.